The van der Waals surface area contributed by atoms with Crippen molar-refractivity contribution < 1.29 is 4.79 Å². The van der Waals surface area contributed by atoms with Gasteiger partial charge in [-0.25, -0.2) is 19.7 Å². The fourth-order valence-electron chi connectivity index (χ4n) is 3.40. The second kappa shape index (κ2) is 6.61. The number of nitrogens with one attached hydrogen (secondary N) is 2. The number of nitrogens with zero attached hydrogens (tertiary/aromatic N) is 4. The Kier molecular flexibility index (Phi) is 3.94. The first-order valence-electron chi connectivity index (χ1n) is 8.85. The van der Waals surface area contributed by atoms with Gasteiger partial charge in [0.1, 0.15) is 17.8 Å². The molecule has 0 atom stereocenters. The lowest BCUT2D eigenvalue weighted by Gasteiger charge is -2.24. The number of urea groups is 1. The van der Waals surface area contributed by atoms with E-state index in [1.807, 2.05) is 23.7 Å². The Balaban J connectivity index is 1.46. The van der Waals surface area contributed by atoms with Crippen molar-refractivity contribution >= 4 is 55.7 Å². The van der Waals surface area contributed by atoms with E-state index in [4.69, 9.17) is 5.73 Å². The van der Waals surface area contributed by atoms with Crippen molar-refractivity contribution in [3.8, 4) is 0 Å². The van der Waals surface area contributed by atoms with Crippen LogP contribution in [0.2, 0.25) is 0 Å². The van der Waals surface area contributed by atoms with Crippen molar-refractivity contribution in [3.63, 3.8) is 0 Å². The predicted octanol–water partition coefficient (Wildman–Crippen LogP) is 3.48. The summed E-state index contributed by atoms with van der Waals surface area (Å²) in [6.45, 7) is 1.13. The van der Waals surface area contributed by atoms with Crippen LogP contribution in [0, 0.1) is 0 Å². The van der Waals surface area contributed by atoms with Crippen molar-refractivity contribution in [2.24, 2.45) is 5.73 Å². The third-order valence-electron chi connectivity index (χ3n) is 4.89. The normalized spacial score (nSPS) is 14.4. The molecule has 0 spiro atoms. The fourth-order valence-corrected chi connectivity index (χ4v) is 4.11. The third-order valence-corrected chi connectivity index (χ3v) is 5.68. The maximum atomic E-state index is 11.3. The van der Waals surface area contributed by atoms with E-state index in [1.165, 1.54) is 0 Å². The molecule has 4 aromatic rings. The maximum absolute atomic E-state index is 11.3. The van der Waals surface area contributed by atoms with Gasteiger partial charge in [-0.3, -0.25) is 0 Å². The molecule has 3 aromatic heterocycles. The summed E-state index contributed by atoms with van der Waals surface area (Å²) in [5, 5.41) is 4.30. The largest absolute Gasteiger partial charge is 0.351 e. The molecule has 9 heteroatoms. The monoisotopic (exact) mass is 391 g/mol. The number of carbonyl (C=O) groups excluding carboxylic acids is 1. The number of carbonyl (C=O) groups is 1. The summed E-state index contributed by atoms with van der Waals surface area (Å²) in [6.07, 6.45) is 4.31. The van der Waals surface area contributed by atoms with Gasteiger partial charge in [-0.05, 0) is 36.3 Å². The topological polar surface area (TPSA) is 113 Å². The van der Waals surface area contributed by atoms with E-state index >= 15 is 0 Å². The van der Waals surface area contributed by atoms with Crippen LogP contribution in [0.25, 0.3) is 26.8 Å². The zero-order chi connectivity index (χ0) is 19.1. The highest BCUT2D eigenvalue weighted by Crippen LogP contribution is 2.30. The molecule has 5 rings (SSSR count). The van der Waals surface area contributed by atoms with Crippen LogP contribution >= 0.6 is 11.3 Å². The molecule has 1 aliphatic heterocycles. The number of benzene rings is 1. The van der Waals surface area contributed by atoms with Crippen LogP contribution in [0.3, 0.4) is 0 Å². The standard InChI is InChI=1S/C19H17N7OS/c20-19(27)26-5-3-11(4-6-26)15-8-13-17(21-9-22-18(13)25-15)24-12-1-2-14-16(7-12)28-10-23-14/h1-3,7-10H,4-6H2,(H2,20,27)(H2,21,22,24,25). The molecule has 0 saturated carbocycles. The number of aromatic amines is 1. The summed E-state index contributed by atoms with van der Waals surface area (Å²) in [4.78, 5) is 29.4. The molecular formula is C19H17N7OS. The van der Waals surface area contributed by atoms with Gasteiger partial charge in [-0.15, -0.1) is 11.3 Å². The number of H-pyrrole nitrogens is 1. The molecule has 8 nitrogen and oxygen atoms in total. The molecule has 0 radical (unpaired) electrons. The van der Waals surface area contributed by atoms with Gasteiger partial charge >= 0.3 is 6.03 Å². The van der Waals surface area contributed by atoms with Gasteiger partial charge in [-0.1, -0.05) is 6.08 Å². The molecule has 28 heavy (non-hydrogen) atoms. The second-order valence-corrected chi connectivity index (χ2v) is 7.48. The van der Waals surface area contributed by atoms with Crippen LogP contribution < -0.4 is 11.1 Å². The van der Waals surface area contributed by atoms with Gasteiger partial charge in [0.2, 0.25) is 0 Å². The van der Waals surface area contributed by atoms with Gasteiger partial charge in [0.25, 0.3) is 0 Å². The van der Waals surface area contributed by atoms with E-state index in [1.54, 1.807) is 22.6 Å². The molecule has 4 heterocycles. The van der Waals surface area contributed by atoms with Crippen molar-refractivity contribution in [3.05, 3.63) is 47.9 Å². The summed E-state index contributed by atoms with van der Waals surface area (Å²) in [6, 6.07) is 7.71. The van der Waals surface area contributed by atoms with Crippen LogP contribution in [-0.4, -0.2) is 44.0 Å². The van der Waals surface area contributed by atoms with Gasteiger partial charge in [-0.2, -0.15) is 0 Å². The fraction of sp³-hybridized carbons (Fsp3) is 0.158. The summed E-state index contributed by atoms with van der Waals surface area (Å²) in [5.74, 6) is 0.742. The van der Waals surface area contributed by atoms with Gasteiger partial charge in [0.15, 0.2) is 0 Å². The minimum absolute atomic E-state index is 0.387. The zero-order valence-corrected chi connectivity index (χ0v) is 15.7. The van der Waals surface area contributed by atoms with Gasteiger partial charge < -0.3 is 20.9 Å². The highest BCUT2D eigenvalue weighted by atomic mass is 32.1. The summed E-state index contributed by atoms with van der Waals surface area (Å²) < 4.78 is 1.12. The average Bonchev–Trinajstić information content (AvgIpc) is 3.35. The Morgan fingerprint density at radius 2 is 2.18 bits per heavy atom. The number of hydrogen-bond donors (Lipinski definition) is 3. The Hall–Kier alpha value is -3.46. The number of primary amides is 1. The van der Waals surface area contributed by atoms with Crippen LogP contribution in [0.4, 0.5) is 16.3 Å². The number of aromatic nitrogens is 4. The van der Waals surface area contributed by atoms with E-state index in [-0.39, 0.29) is 6.03 Å². The Labute approximate surface area is 164 Å². The minimum Gasteiger partial charge on any atom is -0.351 e. The molecule has 0 fully saturated rings. The first-order chi connectivity index (χ1) is 13.7. The smallest absolute Gasteiger partial charge is 0.315 e. The van der Waals surface area contributed by atoms with Crippen molar-refractivity contribution in [1.29, 1.82) is 0 Å². The lowest BCUT2D eigenvalue weighted by Crippen LogP contribution is -2.38. The van der Waals surface area contributed by atoms with Crippen LogP contribution in [0.5, 0.6) is 0 Å². The average molecular weight is 391 g/mol. The van der Waals surface area contributed by atoms with Crippen molar-refractivity contribution in [2.45, 2.75) is 6.42 Å². The molecule has 0 bridgehead atoms. The van der Waals surface area contributed by atoms with Crippen molar-refractivity contribution in [2.75, 3.05) is 18.4 Å². The number of nitrogens with two attached hydrogens (primary N) is 1. The van der Waals surface area contributed by atoms with E-state index in [0.717, 1.165) is 50.4 Å². The molecule has 0 unspecified atom stereocenters. The third kappa shape index (κ3) is 2.95. The predicted molar refractivity (Wildman–Crippen MR) is 111 cm³/mol. The van der Waals surface area contributed by atoms with Crippen LogP contribution in [0.1, 0.15) is 12.1 Å². The number of anilines is 2. The number of fused-ring (bicyclic) bond motifs is 2. The lowest BCUT2D eigenvalue weighted by molar-refractivity contribution is 0.213. The molecule has 0 saturated heterocycles. The van der Waals surface area contributed by atoms with Crippen LogP contribution in [0.15, 0.2) is 42.2 Å². The molecule has 0 aliphatic carbocycles. The molecule has 1 aliphatic rings. The van der Waals surface area contributed by atoms with E-state index in [9.17, 15) is 4.79 Å². The Morgan fingerprint density at radius 3 is 3.00 bits per heavy atom. The summed E-state index contributed by atoms with van der Waals surface area (Å²) in [5.41, 5.74) is 12.0. The first-order valence-corrected chi connectivity index (χ1v) is 9.73. The summed E-state index contributed by atoms with van der Waals surface area (Å²) in [7, 11) is 0. The molecule has 2 amide bonds. The molecule has 1 aromatic carbocycles. The van der Waals surface area contributed by atoms with Gasteiger partial charge in [0, 0.05) is 24.5 Å². The number of rotatable bonds is 3. The highest BCUT2D eigenvalue weighted by Gasteiger charge is 2.18. The molecular weight excluding hydrogens is 374 g/mol. The van der Waals surface area contributed by atoms with Crippen molar-refractivity contribution in [1.82, 2.24) is 24.8 Å². The quantitative estimate of drug-likeness (QED) is 0.495. The zero-order valence-electron chi connectivity index (χ0n) is 14.8. The first kappa shape index (κ1) is 16.7. The molecule has 4 N–H and O–H groups in total. The lowest BCUT2D eigenvalue weighted by atomic mass is 10.1. The van der Waals surface area contributed by atoms with E-state index < -0.39 is 0 Å². The Morgan fingerprint density at radius 1 is 1.25 bits per heavy atom. The maximum Gasteiger partial charge on any atom is 0.315 e. The van der Waals surface area contributed by atoms with Crippen LogP contribution in [-0.2, 0) is 0 Å². The molecule has 140 valence electrons. The highest BCUT2D eigenvalue weighted by molar-refractivity contribution is 7.16. The Bertz CT molecular complexity index is 1230. The second-order valence-electron chi connectivity index (χ2n) is 6.59. The number of amides is 2. The summed E-state index contributed by atoms with van der Waals surface area (Å²) >= 11 is 1.61. The van der Waals surface area contributed by atoms with Gasteiger partial charge in [0.05, 0.1) is 21.1 Å². The SMILES string of the molecule is NC(=O)N1CC=C(c2cc3c(Nc4ccc5ncsc5c4)ncnc3[nH]2)CC1. The van der Waals surface area contributed by atoms with E-state index in [2.05, 4.69) is 37.4 Å². The minimum atomic E-state index is -0.387. The number of hydrogen-bond acceptors (Lipinski definition) is 6. The number of thiazole rings is 1. The van der Waals surface area contributed by atoms with E-state index in [0.29, 0.717) is 13.1 Å².